The van der Waals surface area contributed by atoms with Gasteiger partial charge < -0.3 is 4.90 Å². The molecule has 0 saturated carbocycles. The molecule has 0 bridgehead atoms. The van der Waals surface area contributed by atoms with Gasteiger partial charge in [0.2, 0.25) is 0 Å². The molecular weight excluding hydrogens is 267 g/mol. The quantitative estimate of drug-likeness (QED) is 0.843. The minimum atomic E-state index is -0.776. The summed E-state index contributed by atoms with van der Waals surface area (Å²) in [5, 5.41) is 0. The van der Waals surface area contributed by atoms with E-state index < -0.39 is 17.5 Å². The predicted molar refractivity (Wildman–Crippen MR) is 68.6 cm³/mol. The van der Waals surface area contributed by atoms with Crippen molar-refractivity contribution in [3.05, 3.63) is 71.0 Å². The van der Waals surface area contributed by atoms with E-state index in [1.54, 1.807) is 0 Å². The highest BCUT2D eigenvalue weighted by atomic mass is 19.1. The molecule has 0 fully saturated rings. The minimum Gasteiger partial charge on any atom is -0.337 e. The molecule has 2 aromatic carbocycles. The van der Waals surface area contributed by atoms with Crippen LogP contribution >= 0.6 is 0 Å². The molecule has 2 aromatic rings. The van der Waals surface area contributed by atoms with Crippen LogP contribution in [0, 0.1) is 17.5 Å². The molecule has 2 nitrogen and oxygen atoms in total. The number of hydrogen-bond acceptors (Lipinski definition) is 1. The Morgan fingerprint density at radius 3 is 2.25 bits per heavy atom. The van der Waals surface area contributed by atoms with Crippen LogP contribution in [0.25, 0.3) is 0 Å². The molecule has 0 aliphatic rings. The summed E-state index contributed by atoms with van der Waals surface area (Å²) in [5.41, 5.74) is 0.369. The average Bonchev–Trinajstić information content (AvgIpc) is 2.43. The summed E-state index contributed by atoms with van der Waals surface area (Å²) in [6, 6.07) is 8.33. The Balaban J connectivity index is 2.16. The number of carbonyl (C=O) groups is 1. The number of amides is 1. The van der Waals surface area contributed by atoms with E-state index in [1.807, 2.05) is 0 Å². The Labute approximate surface area is 114 Å². The fraction of sp³-hybridized carbons (Fsp3) is 0.133. The van der Waals surface area contributed by atoms with Crippen LogP contribution in [0.15, 0.2) is 42.5 Å². The highest BCUT2D eigenvalue weighted by Gasteiger charge is 2.17. The number of rotatable bonds is 3. The molecule has 0 unspecified atom stereocenters. The number of benzene rings is 2. The van der Waals surface area contributed by atoms with E-state index in [1.165, 1.54) is 36.2 Å². The second-order valence-corrected chi connectivity index (χ2v) is 4.41. The van der Waals surface area contributed by atoms with Gasteiger partial charge in [-0.2, -0.15) is 0 Å². The summed E-state index contributed by atoms with van der Waals surface area (Å²) in [6.07, 6.45) is 0. The molecule has 0 spiro atoms. The van der Waals surface area contributed by atoms with Gasteiger partial charge in [-0.1, -0.05) is 12.1 Å². The largest absolute Gasteiger partial charge is 0.337 e. The molecule has 20 heavy (non-hydrogen) atoms. The van der Waals surface area contributed by atoms with Crippen molar-refractivity contribution in [2.24, 2.45) is 0 Å². The highest BCUT2D eigenvalue weighted by Crippen LogP contribution is 2.14. The Bertz CT molecular complexity index is 626. The fourth-order valence-corrected chi connectivity index (χ4v) is 1.80. The van der Waals surface area contributed by atoms with Crippen molar-refractivity contribution in [2.45, 2.75) is 6.54 Å². The molecule has 5 heteroatoms. The second-order valence-electron chi connectivity index (χ2n) is 4.41. The Kier molecular flexibility index (Phi) is 4.08. The molecule has 104 valence electrons. The summed E-state index contributed by atoms with van der Waals surface area (Å²) in [4.78, 5) is 13.3. The molecule has 0 heterocycles. The van der Waals surface area contributed by atoms with Crippen molar-refractivity contribution in [1.82, 2.24) is 4.90 Å². The summed E-state index contributed by atoms with van der Waals surface area (Å²) < 4.78 is 39.3. The molecule has 0 N–H and O–H groups in total. The van der Waals surface area contributed by atoms with Gasteiger partial charge in [-0.25, -0.2) is 13.2 Å². The minimum absolute atomic E-state index is 0.176. The van der Waals surface area contributed by atoms with Gasteiger partial charge in [-0.05, 0) is 35.9 Å². The lowest BCUT2D eigenvalue weighted by atomic mass is 10.1. The number of hydrogen-bond donors (Lipinski definition) is 0. The van der Waals surface area contributed by atoms with E-state index in [9.17, 15) is 18.0 Å². The number of halogens is 3. The maximum atomic E-state index is 13.5. The first kappa shape index (κ1) is 14.1. The van der Waals surface area contributed by atoms with Crippen molar-refractivity contribution in [3.63, 3.8) is 0 Å². The first-order valence-corrected chi connectivity index (χ1v) is 5.92. The summed E-state index contributed by atoms with van der Waals surface area (Å²) >= 11 is 0. The third-order valence-electron chi connectivity index (χ3n) is 2.84. The van der Waals surface area contributed by atoms with Crippen LogP contribution in [0.5, 0.6) is 0 Å². The summed E-state index contributed by atoms with van der Waals surface area (Å²) in [6.45, 7) is 0.176. The average molecular weight is 279 g/mol. The molecule has 0 atom stereocenters. The molecule has 0 aromatic heterocycles. The van der Waals surface area contributed by atoms with Crippen molar-refractivity contribution < 1.29 is 18.0 Å². The molecule has 1 amide bonds. The van der Waals surface area contributed by atoms with E-state index >= 15 is 0 Å². The lowest BCUT2D eigenvalue weighted by Gasteiger charge is -2.17. The van der Waals surface area contributed by atoms with E-state index in [0.29, 0.717) is 5.56 Å². The standard InChI is InChI=1S/C15H12F3NO/c1-19(9-10-2-4-11(16)5-3-10)15(20)13-8-12(17)6-7-14(13)18/h2-8H,9H2,1H3. The van der Waals surface area contributed by atoms with Crippen LogP contribution in [0.3, 0.4) is 0 Å². The zero-order valence-corrected chi connectivity index (χ0v) is 10.7. The number of carbonyl (C=O) groups excluding carboxylic acids is 1. The molecule has 0 aliphatic carbocycles. The monoisotopic (exact) mass is 279 g/mol. The fourth-order valence-electron chi connectivity index (χ4n) is 1.80. The van der Waals surface area contributed by atoms with Gasteiger partial charge >= 0.3 is 0 Å². The van der Waals surface area contributed by atoms with Gasteiger partial charge in [0.15, 0.2) is 0 Å². The van der Waals surface area contributed by atoms with Crippen molar-refractivity contribution in [2.75, 3.05) is 7.05 Å². The van der Waals surface area contributed by atoms with E-state index in [2.05, 4.69) is 0 Å². The lowest BCUT2D eigenvalue weighted by molar-refractivity contribution is 0.0780. The van der Waals surface area contributed by atoms with Crippen LogP contribution in [0.4, 0.5) is 13.2 Å². The first-order valence-electron chi connectivity index (χ1n) is 5.92. The zero-order valence-electron chi connectivity index (χ0n) is 10.7. The maximum absolute atomic E-state index is 13.5. The third kappa shape index (κ3) is 3.17. The molecule has 2 rings (SSSR count). The predicted octanol–water partition coefficient (Wildman–Crippen LogP) is 3.38. The van der Waals surface area contributed by atoms with E-state index in [4.69, 9.17) is 0 Å². The summed E-state index contributed by atoms with van der Waals surface area (Å²) in [5.74, 6) is -2.46. The highest BCUT2D eigenvalue weighted by molar-refractivity contribution is 5.94. The molecule has 0 saturated heterocycles. The van der Waals surface area contributed by atoms with Gasteiger partial charge in [-0.3, -0.25) is 4.79 Å². The maximum Gasteiger partial charge on any atom is 0.256 e. The molecular formula is C15H12F3NO. The Morgan fingerprint density at radius 1 is 1.00 bits per heavy atom. The third-order valence-corrected chi connectivity index (χ3v) is 2.84. The van der Waals surface area contributed by atoms with Crippen LogP contribution in [0.1, 0.15) is 15.9 Å². The molecule has 0 aliphatic heterocycles. The Morgan fingerprint density at radius 2 is 1.60 bits per heavy atom. The van der Waals surface area contributed by atoms with Gasteiger partial charge in [-0.15, -0.1) is 0 Å². The second kappa shape index (κ2) is 5.77. The van der Waals surface area contributed by atoms with Crippen molar-refractivity contribution in [1.29, 1.82) is 0 Å². The van der Waals surface area contributed by atoms with Crippen LogP contribution in [-0.4, -0.2) is 17.9 Å². The van der Waals surface area contributed by atoms with Crippen LogP contribution in [0.2, 0.25) is 0 Å². The SMILES string of the molecule is CN(Cc1ccc(F)cc1)C(=O)c1cc(F)ccc1F. The first-order chi connectivity index (χ1) is 9.47. The topological polar surface area (TPSA) is 20.3 Å². The summed E-state index contributed by atoms with van der Waals surface area (Å²) in [7, 11) is 1.47. The normalized spacial score (nSPS) is 10.4. The van der Waals surface area contributed by atoms with Gasteiger partial charge in [0.25, 0.3) is 5.91 Å². The van der Waals surface area contributed by atoms with E-state index in [-0.39, 0.29) is 17.9 Å². The van der Waals surface area contributed by atoms with E-state index in [0.717, 1.165) is 18.2 Å². The molecule has 0 radical (unpaired) electrons. The zero-order chi connectivity index (χ0) is 14.7. The number of nitrogens with zero attached hydrogens (tertiary/aromatic N) is 1. The Hall–Kier alpha value is -2.30. The smallest absolute Gasteiger partial charge is 0.256 e. The van der Waals surface area contributed by atoms with Crippen LogP contribution < -0.4 is 0 Å². The van der Waals surface area contributed by atoms with Crippen molar-refractivity contribution >= 4 is 5.91 Å². The van der Waals surface area contributed by atoms with Crippen LogP contribution in [-0.2, 0) is 6.54 Å². The van der Waals surface area contributed by atoms with Gasteiger partial charge in [0.1, 0.15) is 17.5 Å². The lowest BCUT2D eigenvalue weighted by Crippen LogP contribution is -2.27. The van der Waals surface area contributed by atoms with Crippen molar-refractivity contribution in [3.8, 4) is 0 Å². The van der Waals surface area contributed by atoms with Gasteiger partial charge in [0, 0.05) is 13.6 Å². The van der Waals surface area contributed by atoms with Gasteiger partial charge in [0.05, 0.1) is 5.56 Å².